The summed E-state index contributed by atoms with van der Waals surface area (Å²) in [6.07, 6.45) is 6.64. The second-order valence-corrected chi connectivity index (χ2v) is 8.16. The van der Waals surface area contributed by atoms with Crippen LogP contribution in [0.25, 0.3) is 11.4 Å². The number of nitrogens with one attached hydrogen (secondary N) is 2. The Kier molecular flexibility index (Phi) is 5.62. The van der Waals surface area contributed by atoms with Crippen LogP contribution >= 0.6 is 0 Å². The Morgan fingerprint density at radius 3 is 2.57 bits per heavy atom. The van der Waals surface area contributed by atoms with Gasteiger partial charge in [-0.1, -0.05) is 54.2 Å². The molecule has 1 aromatic carbocycles. The molecule has 0 spiro atoms. The van der Waals surface area contributed by atoms with Crippen molar-refractivity contribution in [1.29, 1.82) is 0 Å². The fourth-order valence-corrected chi connectivity index (χ4v) is 4.24. The van der Waals surface area contributed by atoms with Crippen LogP contribution in [0.3, 0.4) is 0 Å². The molecule has 150 valence electrons. The highest BCUT2D eigenvalue weighted by molar-refractivity contribution is 5.74. The van der Waals surface area contributed by atoms with Crippen LogP contribution < -0.4 is 10.6 Å². The molecule has 2 aliphatic rings. The SMILES string of the molecule is Cc1ccc(-c2noc(C3CC(NC(=O)NC4CCCCC4)CN3C)n2)cc1. The Morgan fingerprint density at radius 1 is 1.11 bits per heavy atom. The van der Waals surface area contributed by atoms with Gasteiger partial charge in [-0.05, 0) is 33.2 Å². The van der Waals surface area contributed by atoms with Crippen LogP contribution in [-0.2, 0) is 0 Å². The van der Waals surface area contributed by atoms with Gasteiger partial charge in [0.15, 0.2) is 0 Å². The minimum atomic E-state index is -0.0585. The number of aryl methyl sites for hydroxylation is 1. The molecule has 7 nitrogen and oxygen atoms in total. The Bertz CT molecular complexity index is 797. The van der Waals surface area contributed by atoms with Gasteiger partial charge in [-0.25, -0.2) is 4.79 Å². The number of hydrogen-bond donors (Lipinski definition) is 2. The van der Waals surface area contributed by atoms with E-state index in [4.69, 9.17) is 4.52 Å². The van der Waals surface area contributed by atoms with Crippen LogP contribution in [0, 0.1) is 6.92 Å². The van der Waals surface area contributed by atoms with Gasteiger partial charge in [0.2, 0.25) is 11.7 Å². The maximum atomic E-state index is 12.3. The Labute approximate surface area is 165 Å². The van der Waals surface area contributed by atoms with Crippen molar-refractivity contribution >= 4 is 6.03 Å². The first kappa shape index (κ1) is 18.9. The van der Waals surface area contributed by atoms with E-state index in [0.29, 0.717) is 17.8 Å². The zero-order chi connectivity index (χ0) is 19.5. The summed E-state index contributed by atoms with van der Waals surface area (Å²) in [4.78, 5) is 19.1. The van der Waals surface area contributed by atoms with E-state index in [2.05, 4.69) is 32.6 Å². The molecule has 2 N–H and O–H groups in total. The van der Waals surface area contributed by atoms with E-state index in [1.54, 1.807) is 0 Å². The summed E-state index contributed by atoms with van der Waals surface area (Å²) in [5, 5.41) is 10.4. The molecule has 1 aliphatic carbocycles. The fraction of sp³-hybridized carbons (Fsp3) is 0.571. The number of likely N-dealkylation sites (tertiary alicyclic amines) is 1. The minimum absolute atomic E-state index is 0.0201. The van der Waals surface area contributed by atoms with Crippen LogP contribution in [0.15, 0.2) is 28.8 Å². The molecular formula is C21H29N5O2. The van der Waals surface area contributed by atoms with Crippen molar-refractivity contribution in [1.82, 2.24) is 25.7 Å². The van der Waals surface area contributed by atoms with Gasteiger partial charge in [0.25, 0.3) is 0 Å². The number of urea groups is 1. The first-order valence-electron chi connectivity index (χ1n) is 10.3. The average Bonchev–Trinajstić information content (AvgIpc) is 3.30. The number of amides is 2. The molecule has 0 radical (unpaired) electrons. The summed E-state index contributed by atoms with van der Waals surface area (Å²) >= 11 is 0. The Balaban J connectivity index is 1.35. The average molecular weight is 383 g/mol. The molecular weight excluding hydrogens is 354 g/mol. The van der Waals surface area contributed by atoms with Crippen LogP contribution in [0.5, 0.6) is 0 Å². The van der Waals surface area contributed by atoms with Crippen molar-refractivity contribution in [3.05, 3.63) is 35.7 Å². The van der Waals surface area contributed by atoms with Gasteiger partial charge in [0.1, 0.15) is 0 Å². The normalized spacial score (nSPS) is 23.6. The van der Waals surface area contributed by atoms with Crippen LogP contribution in [0.1, 0.15) is 56.0 Å². The van der Waals surface area contributed by atoms with E-state index in [0.717, 1.165) is 31.4 Å². The lowest BCUT2D eigenvalue weighted by molar-refractivity contribution is 0.228. The number of carbonyl (C=O) groups is 1. The van der Waals surface area contributed by atoms with Gasteiger partial charge in [0.05, 0.1) is 6.04 Å². The maximum Gasteiger partial charge on any atom is 0.315 e. The minimum Gasteiger partial charge on any atom is -0.337 e. The van der Waals surface area contributed by atoms with Crippen LogP contribution in [0.4, 0.5) is 4.79 Å². The molecule has 1 aromatic heterocycles. The first-order valence-corrected chi connectivity index (χ1v) is 10.3. The van der Waals surface area contributed by atoms with Crippen LogP contribution in [0.2, 0.25) is 0 Å². The highest BCUT2D eigenvalue weighted by atomic mass is 16.5. The van der Waals surface area contributed by atoms with Gasteiger partial charge in [-0.3, -0.25) is 4.90 Å². The van der Waals surface area contributed by atoms with Gasteiger partial charge in [-0.15, -0.1) is 0 Å². The third-order valence-electron chi connectivity index (χ3n) is 5.86. The van der Waals surface area contributed by atoms with E-state index in [1.807, 2.05) is 31.3 Å². The van der Waals surface area contributed by atoms with Gasteiger partial charge in [0, 0.05) is 24.2 Å². The molecule has 2 heterocycles. The summed E-state index contributed by atoms with van der Waals surface area (Å²) in [5.41, 5.74) is 2.14. The number of carbonyl (C=O) groups excluding carboxylic acids is 1. The largest absolute Gasteiger partial charge is 0.337 e. The molecule has 2 unspecified atom stereocenters. The molecule has 4 rings (SSSR count). The summed E-state index contributed by atoms with van der Waals surface area (Å²) < 4.78 is 5.55. The summed E-state index contributed by atoms with van der Waals surface area (Å²) in [7, 11) is 2.03. The number of nitrogens with zero attached hydrogens (tertiary/aromatic N) is 3. The predicted molar refractivity (Wildman–Crippen MR) is 107 cm³/mol. The zero-order valence-electron chi connectivity index (χ0n) is 16.6. The molecule has 2 fully saturated rings. The topological polar surface area (TPSA) is 83.3 Å². The third-order valence-corrected chi connectivity index (χ3v) is 5.86. The molecule has 2 atom stereocenters. The van der Waals surface area contributed by atoms with E-state index < -0.39 is 0 Å². The molecule has 28 heavy (non-hydrogen) atoms. The standard InChI is InChI=1S/C21H29N5O2/c1-14-8-10-15(11-9-14)19-24-20(28-25-19)18-12-17(13-26(18)2)23-21(27)22-16-6-4-3-5-7-16/h8-11,16-18H,3-7,12-13H2,1-2H3,(H2,22,23,27). The van der Waals surface area contributed by atoms with E-state index in [-0.39, 0.29) is 18.1 Å². The molecule has 0 bridgehead atoms. The smallest absolute Gasteiger partial charge is 0.315 e. The van der Waals surface area contributed by atoms with Crippen molar-refractivity contribution in [2.24, 2.45) is 0 Å². The molecule has 1 saturated heterocycles. The number of likely N-dealkylation sites (N-methyl/N-ethyl adjacent to an activating group) is 1. The lowest BCUT2D eigenvalue weighted by atomic mass is 9.96. The van der Waals surface area contributed by atoms with Crippen molar-refractivity contribution < 1.29 is 9.32 Å². The second-order valence-electron chi connectivity index (χ2n) is 8.16. The molecule has 7 heteroatoms. The van der Waals surface area contributed by atoms with E-state index in [1.165, 1.54) is 24.8 Å². The molecule has 1 aliphatic heterocycles. The van der Waals surface area contributed by atoms with Crippen molar-refractivity contribution in [2.45, 2.75) is 63.6 Å². The van der Waals surface area contributed by atoms with Gasteiger partial charge < -0.3 is 15.2 Å². The number of rotatable bonds is 4. The van der Waals surface area contributed by atoms with Crippen molar-refractivity contribution in [3.8, 4) is 11.4 Å². The summed E-state index contributed by atoms with van der Waals surface area (Å²) in [5.74, 6) is 1.21. The predicted octanol–water partition coefficient (Wildman–Crippen LogP) is 3.42. The number of hydrogen-bond acceptors (Lipinski definition) is 5. The first-order chi connectivity index (χ1) is 13.6. The Hall–Kier alpha value is -2.41. The van der Waals surface area contributed by atoms with E-state index >= 15 is 0 Å². The summed E-state index contributed by atoms with van der Waals surface area (Å²) in [6, 6.07) is 8.44. The highest BCUT2D eigenvalue weighted by Gasteiger charge is 2.35. The van der Waals surface area contributed by atoms with E-state index in [9.17, 15) is 4.79 Å². The fourth-order valence-electron chi connectivity index (χ4n) is 4.24. The van der Waals surface area contributed by atoms with Crippen molar-refractivity contribution in [3.63, 3.8) is 0 Å². The quantitative estimate of drug-likeness (QED) is 0.845. The maximum absolute atomic E-state index is 12.3. The molecule has 2 aromatic rings. The third kappa shape index (κ3) is 4.35. The summed E-state index contributed by atoms with van der Waals surface area (Å²) in [6.45, 7) is 2.82. The molecule has 2 amide bonds. The highest BCUT2D eigenvalue weighted by Crippen LogP contribution is 2.31. The van der Waals surface area contributed by atoms with Gasteiger partial charge in [-0.2, -0.15) is 4.98 Å². The number of aromatic nitrogens is 2. The van der Waals surface area contributed by atoms with Crippen molar-refractivity contribution in [2.75, 3.05) is 13.6 Å². The van der Waals surface area contributed by atoms with Gasteiger partial charge >= 0.3 is 6.03 Å². The number of benzene rings is 1. The zero-order valence-corrected chi connectivity index (χ0v) is 16.6. The van der Waals surface area contributed by atoms with Crippen LogP contribution in [-0.4, -0.2) is 46.7 Å². The lowest BCUT2D eigenvalue weighted by Gasteiger charge is -2.24. The molecule has 1 saturated carbocycles. The monoisotopic (exact) mass is 383 g/mol. The Morgan fingerprint density at radius 2 is 1.82 bits per heavy atom. The lowest BCUT2D eigenvalue weighted by Crippen LogP contribution is -2.47. The second kappa shape index (κ2) is 8.31.